The molecule has 0 unspecified atom stereocenters. The first-order valence-electron chi connectivity index (χ1n) is 47.0. The van der Waals surface area contributed by atoms with Crippen molar-refractivity contribution in [3.8, 4) is 5.75 Å². The number of halogens is 18. The molecule has 0 aliphatic carbocycles. The molecule has 19 heteroatoms. The Bertz CT molecular complexity index is 5590. The van der Waals surface area contributed by atoms with Crippen molar-refractivity contribution >= 4 is 11.6 Å². The Balaban J connectivity index is 0.00000156. The van der Waals surface area contributed by atoms with E-state index in [1.54, 1.807) is 106 Å². The van der Waals surface area contributed by atoms with Gasteiger partial charge in [-0.1, -0.05) is 263 Å². The van der Waals surface area contributed by atoms with E-state index in [1.807, 2.05) is 65.0 Å². The first-order chi connectivity index (χ1) is 68.6. The maximum atomic E-state index is 12.9. The lowest BCUT2D eigenvalue weighted by Gasteiger charge is -2.03. The zero-order valence-corrected chi connectivity index (χ0v) is 90.9. The van der Waals surface area contributed by atoms with E-state index >= 15 is 0 Å². The second-order valence-corrected chi connectivity index (χ2v) is 36.2. The summed E-state index contributed by atoms with van der Waals surface area (Å²) in [5.74, 6) is -7.63. The predicted octanol–water partition coefficient (Wildman–Crippen LogP) is 40.4. The van der Waals surface area contributed by atoms with Gasteiger partial charge in [0.05, 0.1) is 6.26 Å². The van der Waals surface area contributed by atoms with Gasteiger partial charge in [0.2, 0.25) is 0 Å². The first-order valence-corrected chi connectivity index (χ1v) is 47.4. The fourth-order valence-electron chi connectivity index (χ4n) is 11.3. The second kappa shape index (κ2) is 70.1. The Morgan fingerprint density at radius 2 is 0.264 bits per heavy atom. The van der Waals surface area contributed by atoms with Crippen LogP contribution in [0.2, 0.25) is 5.02 Å². The summed E-state index contributed by atoms with van der Waals surface area (Å²) in [6, 6.07) is 83.8. The van der Waals surface area contributed by atoms with Crippen LogP contribution < -0.4 is 4.74 Å². The summed E-state index contributed by atoms with van der Waals surface area (Å²) in [4.78, 5) is 0. The van der Waals surface area contributed by atoms with Gasteiger partial charge in [0.15, 0.2) is 17.4 Å². The van der Waals surface area contributed by atoms with Crippen molar-refractivity contribution in [3.05, 3.63) is 569 Å². The molecule has 0 aliphatic heterocycles. The summed E-state index contributed by atoms with van der Waals surface area (Å²) in [5, 5.41) is -0.439. The summed E-state index contributed by atoms with van der Waals surface area (Å²) < 4.78 is 219. The Kier molecular flexibility index (Phi) is 63.5. The SMILES string of the molecule is C.C=COc1c(F)cc(C)cc1F.Cc1cc(F)c(C)c(F)c1.Cc1cc(F)c(C)c(F)c1.Cc1cc(F)c(C)c(F)c1.Cc1cc(F)c(C)c(F)c1.Cc1cc(F)c(Cl)c(F)c1.Cc1ccc(C)c(F)c1.Cc1ccc(C)c(F)c1.Cc1ccc(C)c(F)c1.Cc1ccc(C)c(F)c1.Cc1ccc(C)c(F)c1.Cc1ccc(C)cc1.Cc1ccc(C)cc1.Cc1ccc(C)cc1.Cc1ccc(C)cc1.Cc1ccc(C)cc1. The molecule has 0 radical (unpaired) electrons. The molecule has 0 aromatic heterocycles. The molecule has 16 aromatic carbocycles. The Morgan fingerprint density at radius 3 is 0.378 bits per heavy atom. The van der Waals surface area contributed by atoms with E-state index in [0.717, 1.165) is 34.1 Å². The summed E-state index contributed by atoms with van der Waals surface area (Å²) in [7, 11) is 0. The molecule has 0 spiro atoms. The Morgan fingerprint density at radius 1 is 0.155 bits per heavy atom. The van der Waals surface area contributed by atoms with Crippen LogP contribution in [-0.4, -0.2) is 0 Å². The molecule has 0 fully saturated rings. The molecule has 0 N–H and O–H groups in total. The number of benzene rings is 16. The van der Waals surface area contributed by atoms with Crippen LogP contribution in [0.3, 0.4) is 0 Å². The highest BCUT2D eigenvalue weighted by atomic mass is 35.5. The van der Waals surface area contributed by atoms with Gasteiger partial charge in [0, 0.05) is 22.3 Å². The predicted molar refractivity (Wildman–Crippen MR) is 587 cm³/mol. The average Bonchev–Trinajstić information content (AvgIpc) is 0.873. The minimum atomic E-state index is -0.715. The van der Waals surface area contributed by atoms with Crippen LogP contribution in [0.4, 0.5) is 74.6 Å². The van der Waals surface area contributed by atoms with E-state index in [-0.39, 0.29) is 58.8 Å². The van der Waals surface area contributed by atoms with Crippen LogP contribution in [0.5, 0.6) is 5.75 Å². The van der Waals surface area contributed by atoms with Crippen molar-refractivity contribution in [1.82, 2.24) is 0 Å². The van der Waals surface area contributed by atoms with Gasteiger partial charge < -0.3 is 4.74 Å². The van der Waals surface area contributed by atoms with Crippen molar-refractivity contribution in [1.29, 1.82) is 0 Å². The van der Waals surface area contributed by atoms with E-state index in [9.17, 15) is 74.6 Å². The lowest BCUT2D eigenvalue weighted by Crippen LogP contribution is -1.92. The third-order valence-electron chi connectivity index (χ3n) is 20.9. The maximum absolute atomic E-state index is 12.9. The number of rotatable bonds is 2. The van der Waals surface area contributed by atoms with Gasteiger partial charge in [0.25, 0.3) is 0 Å². The Hall–Kier alpha value is -13.8. The zero-order chi connectivity index (χ0) is 112. The average molecular weight is 2070 g/mol. The molecular weight excluding hydrogens is 1920 g/mol. The van der Waals surface area contributed by atoms with E-state index in [0.29, 0.717) is 61.2 Å². The second-order valence-electron chi connectivity index (χ2n) is 35.8. The monoisotopic (exact) mass is 2070 g/mol. The smallest absolute Gasteiger partial charge is 0.197 e. The van der Waals surface area contributed by atoms with E-state index in [4.69, 9.17) is 11.6 Å². The molecule has 0 heterocycles. The molecule has 0 amide bonds. The summed E-state index contributed by atoms with van der Waals surface area (Å²) in [6.45, 7) is 57.9. The highest BCUT2D eigenvalue weighted by Gasteiger charge is 2.12. The van der Waals surface area contributed by atoms with Gasteiger partial charge in [-0.25, -0.2) is 74.6 Å². The number of hydrogen-bond donors (Lipinski definition) is 0. The first kappa shape index (κ1) is 134. The molecule has 16 rings (SSSR count). The standard InChI is InChI=1S/C9H8F2O.4C8H8F2.5C8H9F.5C8H10.C7H5ClF2.CH4/c1-3-12-9-7(10)4-6(2)5-8(9)11;4*1-5-3-7(9)6(2)8(10)4-5;5*1-6-3-4-7(2)8(9)5-6;5*1-7-3-5-8(2)6-4-7;1-4-2-5(9)7(8)6(10)3-4;/h3-5H,1H2,2H3;4*3-4H,1-2H3;5*3-5H,1-2H3;5*3-6H,1-2H3;2-3H,1H3;1H4. The van der Waals surface area contributed by atoms with Crippen molar-refractivity contribution in [3.63, 3.8) is 0 Å². The van der Waals surface area contributed by atoms with E-state index in [1.165, 1.54) is 186 Å². The fraction of sp³-hybridized carbons (Fsp3) is 0.240. The summed E-state index contributed by atoms with van der Waals surface area (Å²) in [6.07, 6.45) is 0.983. The normalized spacial score (nSPS) is 9.59. The van der Waals surface area contributed by atoms with Gasteiger partial charge in [-0.15, -0.1) is 0 Å². The van der Waals surface area contributed by atoms with Crippen molar-refractivity contribution in [2.45, 2.75) is 215 Å². The highest BCUT2D eigenvalue weighted by molar-refractivity contribution is 6.30. The van der Waals surface area contributed by atoms with Crippen molar-refractivity contribution in [2.24, 2.45) is 0 Å². The van der Waals surface area contributed by atoms with Crippen LogP contribution >= 0.6 is 11.6 Å². The van der Waals surface area contributed by atoms with Gasteiger partial charge in [-0.05, 0) is 400 Å². The molecule has 0 aliphatic rings. The molecule has 1 nitrogen and oxygen atoms in total. The number of aryl methyl sites for hydroxylation is 26. The van der Waals surface area contributed by atoms with Gasteiger partial charge >= 0.3 is 0 Å². The van der Waals surface area contributed by atoms with Crippen molar-refractivity contribution < 1.29 is 79.4 Å². The van der Waals surface area contributed by atoms with Gasteiger partial charge in [-0.2, -0.15) is 0 Å². The lowest BCUT2D eigenvalue weighted by atomic mass is 10.1. The maximum Gasteiger partial charge on any atom is 0.197 e. The van der Waals surface area contributed by atoms with Crippen LogP contribution in [0.1, 0.15) is 174 Å². The third kappa shape index (κ3) is 56.7. The van der Waals surface area contributed by atoms with Gasteiger partial charge in [0.1, 0.15) is 92.3 Å². The van der Waals surface area contributed by atoms with Crippen molar-refractivity contribution in [2.75, 3.05) is 0 Å². The lowest BCUT2D eigenvalue weighted by molar-refractivity contribution is 0.406. The molecule has 148 heavy (non-hydrogen) atoms. The van der Waals surface area contributed by atoms with Gasteiger partial charge in [-0.3, -0.25) is 0 Å². The van der Waals surface area contributed by atoms with Crippen LogP contribution in [0.25, 0.3) is 0 Å². The minimum Gasteiger partial charge on any atom is -0.459 e. The molecule has 0 atom stereocenters. The molecule has 0 saturated heterocycles. The quantitative estimate of drug-likeness (QED) is 0.0952. The largest absolute Gasteiger partial charge is 0.459 e. The van der Waals surface area contributed by atoms with Crippen LogP contribution in [0, 0.1) is 307 Å². The summed E-state index contributed by atoms with van der Waals surface area (Å²) in [5.41, 5.74) is 25.5. The van der Waals surface area contributed by atoms with Crippen LogP contribution in [0.15, 0.2) is 298 Å². The molecule has 792 valence electrons. The summed E-state index contributed by atoms with van der Waals surface area (Å²) >= 11 is 5.20. The van der Waals surface area contributed by atoms with E-state index < -0.39 is 80.6 Å². The Labute approximate surface area is 875 Å². The van der Waals surface area contributed by atoms with E-state index in [2.05, 4.69) is 202 Å². The number of ether oxygens (including phenoxy) is 1. The topological polar surface area (TPSA) is 9.23 Å². The molecule has 0 saturated carbocycles. The van der Waals surface area contributed by atoms with Crippen LogP contribution in [-0.2, 0) is 0 Å². The third-order valence-corrected chi connectivity index (χ3v) is 21.3. The number of hydrogen-bond acceptors (Lipinski definition) is 1. The molecule has 0 bridgehead atoms. The molecule has 16 aromatic rings. The minimum absolute atomic E-state index is 0. The highest BCUT2D eigenvalue weighted by Crippen LogP contribution is 2.25. The zero-order valence-electron chi connectivity index (χ0n) is 90.1. The molecular formula is C129H144ClF17O. The fourth-order valence-corrected chi connectivity index (χ4v) is 11.4.